The molecule has 138 valence electrons. The van der Waals surface area contributed by atoms with Crippen LogP contribution < -0.4 is 15.4 Å². The maximum atomic E-state index is 12.4. The van der Waals surface area contributed by atoms with Gasteiger partial charge >= 0.3 is 0 Å². The summed E-state index contributed by atoms with van der Waals surface area (Å²) >= 11 is 1.43. The van der Waals surface area contributed by atoms with Crippen molar-refractivity contribution >= 4 is 47.9 Å². The van der Waals surface area contributed by atoms with Gasteiger partial charge in [0.15, 0.2) is 0 Å². The smallest absolute Gasteiger partial charge is 0.273 e. The highest BCUT2D eigenvalue weighted by molar-refractivity contribution is 7.09. The summed E-state index contributed by atoms with van der Waals surface area (Å²) in [5.74, 6) is 1.63. The lowest BCUT2D eigenvalue weighted by Crippen LogP contribution is -2.49. The number of halogens is 2. The number of piperazine rings is 1. The summed E-state index contributed by atoms with van der Waals surface area (Å²) in [5, 5.41) is 2.56. The number of ether oxygens (including phenoxy) is 1. The van der Waals surface area contributed by atoms with Crippen LogP contribution in [0, 0.1) is 0 Å². The molecule has 0 unspecified atom stereocenters. The summed E-state index contributed by atoms with van der Waals surface area (Å²) in [4.78, 5) is 25.1. The zero-order valence-electron chi connectivity index (χ0n) is 13.8. The molecule has 0 saturated carbocycles. The summed E-state index contributed by atoms with van der Waals surface area (Å²) in [7, 11) is 1.64. The van der Waals surface area contributed by atoms with Gasteiger partial charge in [0.2, 0.25) is 0 Å². The molecule has 0 aromatic carbocycles. The molecule has 1 saturated heterocycles. The number of anilines is 1. The number of hydrogen-bond donors (Lipinski definition) is 1. The third-order valence-electron chi connectivity index (χ3n) is 3.79. The maximum absolute atomic E-state index is 12.4. The number of methoxy groups -OCH3 is 1. The predicted molar refractivity (Wildman–Crippen MR) is 103 cm³/mol. The minimum Gasteiger partial charge on any atom is -0.497 e. The zero-order chi connectivity index (χ0) is 16.2. The molecule has 0 aliphatic carbocycles. The Bertz CT molecular complexity index is 692. The lowest BCUT2D eigenvalue weighted by molar-refractivity contribution is 0.0741. The third kappa shape index (κ3) is 4.94. The summed E-state index contributed by atoms with van der Waals surface area (Å²) in [6.45, 7) is 3.13. The minimum absolute atomic E-state index is 0. The van der Waals surface area contributed by atoms with E-state index in [1.165, 1.54) is 11.3 Å². The number of aromatic nitrogens is 2. The Morgan fingerprint density at radius 2 is 2.04 bits per heavy atom. The lowest BCUT2D eigenvalue weighted by atomic mass is 10.2. The standard InChI is InChI=1S/C15H19N5O2S.2ClH/c1-22-11-2-3-17-13(8-11)19-4-6-20(7-5-19)15(21)12-10-23-14(9-16)18-12;;/h2-3,8,10H,4-7,9,16H2,1H3;2*1H. The fraction of sp³-hybridized carbons (Fsp3) is 0.400. The summed E-state index contributed by atoms with van der Waals surface area (Å²) in [6.07, 6.45) is 1.73. The normalized spacial score (nSPS) is 13.7. The van der Waals surface area contributed by atoms with Gasteiger partial charge in [-0.2, -0.15) is 0 Å². The molecule has 7 nitrogen and oxygen atoms in total. The van der Waals surface area contributed by atoms with Crippen LogP contribution in [-0.4, -0.2) is 54.1 Å². The molecule has 2 aromatic rings. The molecule has 3 heterocycles. The molecule has 2 N–H and O–H groups in total. The van der Waals surface area contributed by atoms with Crippen LogP contribution in [-0.2, 0) is 6.54 Å². The number of rotatable bonds is 4. The molecule has 10 heteroatoms. The highest BCUT2D eigenvalue weighted by atomic mass is 35.5. The summed E-state index contributed by atoms with van der Waals surface area (Å²) in [5.41, 5.74) is 6.04. The highest BCUT2D eigenvalue weighted by Crippen LogP contribution is 2.20. The van der Waals surface area contributed by atoms with Crippen LogP contribution in [0.2, 0.25) is 0 Å². The van der Waals surface area contributed by atoms with Crippen molar-refractivity contribution in [2.45, 2.75) is 6.54 Å². The molecular formula is C15H21Cl2N5O2S. The van der Waals surface area contributed by atoms with E-state index in [0.717, 1.165) is 29.7 Å². The van der Waals surface area contributed by atoms with Crippen molar-refractivity contribution < 1.29 is 9.53 Å². The third-order valence-corrected chi connectivity index (χ3v) is 4.66. The first-order chi connectivity index (χ1) is 11.2. The van der Waals surface area contributed by atoms with E-state index in [0.29, 0.717) is 25.3 Å². The topological polar surface area (TPSA) is 84.6 Å². The van der Waals surface area contributed by atoms with Crippen molar-refractivity contribution in [3.63, 3.8) is 0 Å². The van der Waals surface area contributed by atoms with Gasteiger partial charge in [0.1, 0.15) is 22.3 Å². The van der Waals surface area contributed by atoms with Crippen LogP contribution in [0.4, 0.5) is 5.82 Å². The van der Waals surface area contributed by atoms with Crippen molar-refractivity contribution in [2.75, 3.05) is 38.2 Å². The molecule has 0 bridgehead atoms. The number of amides is 1. The molecule has 3 rings (SSSR count). The van der Waals surface area contributed by atoms with Gasteiger partial charge in [0.25, 0.3) is 5.91 Å². The van der Waals surface area contributed by atoms with Gasteiger partial charge in [-0.1, -0.05) is 0 Å². The van der Waals surface area contributed by atoms with E-state index < -0.39 is 0 Å². The highest BCUT2D eigenvalue weighted by Gasteiger charge is 2.24. The van der Waals surface area contributed by atoms with E-state index in [1.54, 1.807) is 18.7 Å². The van der Waals surface area contributed by atoms with E-state index in [9.17, 15) is 4.79 Å². The first-order valence-electron chi connectivity index (χ1n) is 7.40. The second-order valence-corrected chi connectivity index (χ2v) is 6.11. The molecule has 2 aromatic heterocycles. The first-order valence-corrected chi connectivity index (χ1v) is 8.28. The van der Waals surface area contributed by atoms with Crippen LogP contribution in [0.15, 0.2) is 23.7 Å². The molecule has 1 fully saturated rings. The van der Waals surface area contributed by atoms with E-state index in [-0.39, 0.29) is 30.7 Å². The maximum Gasteiger partial charge on any atom is 0.273 e. The number of nitrogens with two attached hydrogens (primary N) is 1. The van der Waals surface area contributed by atoms with Crippen molar-refractivity contribution in [3.8, 4) is 5.75 Å². The number of hydrogen-bond acceptors (Lipinski definition) is 7. The number of carbonyl (C=O) groups is 1. The molecule has 1 aliphatic rings. The Morgan fingerprint density at radius 1 is 1.32 bits per heavy atom. The Balaban J connectivity index is 0.00000156. The summed E-state index contributed by atoms with van der Waals surface area (Å²) < 4.78 is 5.23. The Labute approximate surface area is 163 Å². The van der Waals surface area contributed by atoms with Crippen molar-refractivity contribution in [1.29, 1.82) is 0 Å². The van der Waals surface area contributed by atoms with Gasteiger partial charge in [-0.25, -0.2) is 9.97 Å². The molecule has 0 radical (unpaired) electrons. The monoisotopic (exact) mass is 405 g/mol. The van der Waals surface area contributed by atoms with E-state index >= 15 is 0 Å². The van der Waals surface area contributed by atoms with Crippen LogP contribution in [0.5, 0.6) is 5.75 Å². The Kier molecular flexibility index (Phi) is 8.37. The van der Waals surface area contributed by atoms with Crippen molar-refractivity contribution in [2.24, 2.45) is 5.73 Å². The molecule has 0 atom stereocenters. The first kappa shape index (κ1) is 21.4. The van der Waals surface area contributed by atoms with Gasteiger partial charge in [0, 0.05) is 50.4 Å². The lowest BCUT2D eigenvalue weighted by Gasteiger charge is -2.35. The van der Waals surface area contributed by atoms with Crippen LogP contribution in [0.25, 0.3) is 0 Å². The number of nitrogens with zero attached hydrogens (tertiary/aromatic N) is 4. The van der Waals surface area contributed by atoms with E-state index in [4.69, 9.17) is 10.5 Å². The number of carbonyl (C=O) groups excluding carboxylic acids is 1. The van der Waals surface area contributed by atoms with Gasteiger partial charge in [-0.05, 0) is 6.07 Å². The Morgan fingerprint density at radius 3 is 2.64 bits per heavy atom. The second kappa shape index (κ2) is 9.76. The Hall–Kier alpha value is -1.61. The SMILES string of the molecule is COc1ccnc(N2CCN(C(=O)c3csc(CN)n3)CC2)c1.Cl.Cl. The molecule has 1 aliphatic heterocycles. The fourth-order valence-electron chi connectivity index (χ4n) is 2.50. The minimum atomic E-state index is -0.0285. The molecular weight excluding hydrogens is 385 g/mol. The number of pyridine rings is 1. The molecule has 0 spiro atoms. The van der Waals surface area contributed by atoms with E-state index in [1.807, 2.05) is 17.0 Å². The van der Waals surface area contributed by atoms with Crippen LogP contribution in [0.3, 0.4) is 0 Å². The van der Waals surface area contributed by atoms with Crippen LogP contribution >= 0.6 is 36.2 Å². The molecule has 25 heavy (non-hydrogen) atoms. The van der Waals surface area contributed by atoms with Gasteiger partial charge in [-0.3, -0.25) is 4.79 Å². The van der Waals surface area contributed by atoms with Gasteiger partial charge in [0.05, 0.1) is 7.11 Å². The summed E-state index contributed by atoms with van der Waals surface area (Å²) in [6, 6.07) is 3.73. The van der Waals surface area contributed by atoms with E-state index in [2.05, 4.69) is 14.9 Å². The van der Waals surface area contributed by atoms with Crippen molar-refractivity contribution in [3.05, 3.63) is 34.4 Å². The van der Waals surface area contributed by atoms with Crippen molar-refractivity contribution in [1.82, 2.24) is 14.9 Å². The largest absolute Gasteiger partial charge is 0.497 e. The average Bonchev–Trinajstić information content (AvgIpc) is 3.10. The fourth-order valence-corrected chi connectivity index (χ4v) is 3.15. The number of thiazole rings is 1. The van der Waals surface area contributed by atoms with Gasteiger partial charge in [-0.15, -0.1) is 36.2 Å². The van der Waals surface area contributed by atoms with Gasteiger partial charge < -0.3 is 20.3 Å². The van der Waals surface area contributed by atoms with Crippen LogP contribution in [0.1, 0.15) is 15.5 Å². The second-order valence-electron chi connectivity index (χ2n) is 5.16. The predicted octanol–water partition coefficient (Wildman–Crippen LogP) is 1.81. The molecule has 1 amide bonds. The quantitative estimate of drug-likeness (QED) is 0.834. The average molecular weight is 406 g/mol. The zero-order valence-corrected chi connectivity index (χ0v) is 16.2.